The van der Waals surface area contributed by atoms with Gasteiger partial charge in [0, 0.05) is 31.7 Å². The molecule has 1 heterocycles. The Labute approximate surface area is 142 Å². The molecule has 0 amide bonds. The topological polar surface area (TPSA) is 39.7 Å². The summed E-state index contributed by atoms with van der Waals surface area (Å²) < 4.78 is 0. The molecule has 1 unspecified atom stereocenters. The Kier molecular flexibility index (Phi) is 10.6. The van der Waals surface area contributed by atoms with Gasteiger partial charge in [-0.1, -0.05) is 0 Å². The molecule has 0 aliphatic carbocycles. The largest absolute Gasteiger partial charge is 0.357 e. The van der Waals surface area contributed by atoms with Crippen LogP contribution in [-0.4, -0.2) is 49.1 Å². The maximum atomic E-state index is 4.74. The van der Waals surface area contributed by atoms with Crippen LogP contribution in [0.3, 0.4) is 0 Å². The summed E-state index contributed by atoms with van der Waals surface area (Å²) in [5, 5.41) is 6.69. The summed E-state index contributed by atoms with van der Waals surface area (Å²) in [7, 11) is 0. The molecule has 0 aromatic heterocycles. The first-order valence-electron chi connectivity index (χ1n) is 7.81. The maximum absolute atomic E-state index is 4.74. The fraction of sp³-hybridized carbons (Fsp3) is 0.933. The molecule has 0 saturated carbocycles. The number of rotatable bonds is 5. The van der Waals surface area contributed by atoms with Gasteiger partial charge in [0.05, 0.1) is 0 Å². The van der Waals surface area contributed by atoms with E-state index in [9.17, 15) is 0 Å². The molecule has 20 heavy (non-hydrogen) atoms. The summed E-state index contributed by atoms with van der Waals surface area (Å²) in [6, 6.07) is 1.09. The number of hydrogen-bond acceptors (Lipinski definition) is 2. The Bertz CT molecular complexity index is 279. The van der Waals surface area contributed by atoms with E-state index in [0.29, 0.717) is 18.0 Å². The zero-order valence-electron chi connectivity index (χ0n) is 13.8. The quantitative estimate of drug-likeness (QED) is 0.427. The van der Waals surface area contributed by atoms with Gasteiger partial charge in [0.15, 0.2) is 5.96 Å². The van der Waals surface area contributed by atoms with Crippen molar-refractivity contribution in [2.24, 2.45) is 10.9 Å². The first-order chi connectivity index (χ1) is 9.02. The van der Waals surface area contributed by atoms with E-state index in [-0.39, 0.29) is 24.0 Å². The summed E-state index contributed by atoms with van der Waals surface area (Å²) >= 11 is 0. The highest BCUT2D eigenvalue weighted by atomic mass is 127. The van der Waals surface area contributed by atoms with Crippen molar-refractivity contribution in [3.05, 3.63) is 0 Å². The molecule has 0 spiro atoms. The van der Waals surface area contributed by atoms with Crippen LogP contribution in [0.1, 0.15) is 47.5 Å². The summed E-state index contributed by atoms with van der Waals surface area (Å²) in [5.41, 5.74) is 0. The third kappa shape index (κ3) is 7.67. The summed E-state index contributed by atoms with van der Waals surface area (Å²) in [5.74, 6) is 1.66. The zero-order chi connectivity index (χ0) is 14.3. The van der Waals surface area contributed by atoms with Crippen molar-refractivity contribution in [3.8, 4) is 0 Å². The van der Waals surface area contributed by atoms with E-state index in [4.69, 9.17) is 4.99 Å². The van der Waals surface area contributed by atoms with Crippen LogP contribution in [0, 0.1) is 5.92 Å². The van der Waals surface area contributed by atoms with Gasteiger partial charge in [0.2, 0.25) is 0 Å². The molecule has 120 valence electrons. The fourth-order valence-electron chi connectivity index (χ4n) is 2.53. The zero-order valence-corrected chi connectivity index (χ0v) is 16.1. The Morgan fingerprint density at radius 2 is 2.00 bits per heavy atom. The average molecular weight is 396 g/mol. The van der Waals surface area contributed by atoms with Gasteiger partial charge in [-0.2, -0.15) is 0 Å². The second-order valence-corrected chi connectivity index (χ2v) is 6.12. The Morgan fingerprint density at radius 3 is 2.55 bits per heavy atom. The van der Waals surface area contributed by atoms with E-state index in [1.165, 1.54) is 25.9 Å². The van der Waals surface area contributed by atoms with Crippen LogP contribution in [0.4, 0.5) is 0 Å². The first kappa shape index (κ1) is 20.0. The smallest absolute Gasteiger partial charge is 0.191 e. The maximum Gasteiger partial charge on any atom is 0.191 e. The van der Waals surface area contributed by atoms with Crippen LogP contribution < -0.4 is 10.6 Å². The van der Waals surface area contributed by atoms with Crippen molar-refractivity contribution in [3.63, 3.8) is 0 Å². The van der Waals surface area contributed by atoms with Gasteiger partial charge in [0.1, 0.15) is 0 Å². The number of likely N-dealkylation sites (tertiary alicyclic amines) is 1. The van der Waals surface area contributed by atoms with Gasteiger partial charge < -0.3 is 15.5 Å². The van der Waals surface area contributed by atoms with Crippen molar-refractivity contribution in [1.29, 1.82) is 0 Å². The molecule has 2 N–H and O–H groups in total. The first-order valence-corrected chi connectivity index (χ1v) is 7.81. The fourth-order valence-corrected chi connectivity index (χ4v) is 2.53. The molecule has 1 fully saturated rings. The monoisotopic (exact) mass is 396 g/mol. The number of halogens is 1. The lowest BCUT2D eigenvalue weighted by atomic mass is 9.97. The Morgan fingerprint density at radius 1 is 1.30 bits per heavy atom. The normalized spacial score (nSPS) is 20.9. The molecular weight excluding hydrogens is 363 g/mol. The number of hydrogen-bond donors (Lipinski definition) is 2. The molecule has 4 nitrogen and oxygen atoms in total. The third-order valence-electron chi connectivity index (χ3n) is 3.56. The van der Waals surface area contributed by atoms with Crippen molar-refractivity contribution >= 4 is 29.9 Å². The van der Waals surface area contributed by atoms with Gasteiger partial charge in [-0.3, -0.25) is 4.99 Å². The molecular formula is C15H33IN4. The molecule has 1 aliphatic rings. The van der Waals surface area contributed by atoms with E-state index < -0.39 is 0 Å². The van der Waals surface area contributed by atoms with Crippen LogP contribution in [0.2, 0.25) is 0 Å². The molecule has 0 aromatic carbocycles. The predicted octanol–water partition coefficient (Wildman–Crippen LogP) is 2.69. The van der Waals surface area contributed by atoms with Gasteiger partial charge in [-0.25, -0.2) is 0 Å². The third-order valence-corrected chi connectivity index (χ3v) is 3.56. The van der Waals surface area contributed by atoms with E-state index >= 15 is 0 Å². The van der Waals surface area contributed by atoms with Crippen LogP contribution in [0.5, 0.6) is 0 Å². The Hall–Kier alpha value is -0.0400. The molecule has 0 aromatic rings. The Balaban J connectivity index is 0.00000361. The van der Waals surface area contributed by atoms with E-state index in [2.05, 4.69) is 50.2 Å². The van der Waals surface area contributed by atoms with Crippen molar-refractivity contribution in [2.45, 2.75) is 59.5 Å². The number of nitrogens with one attached hydrogen (secondary N) is 2. The number of aliphatic imine (C=N–C) groups is 1. The molecule has 1 aliphatic heterocycles. The van der Waals surface area contributed by atoms with Crippen molar-refractivity contribution < 1.29 is 0 Å². The standard InChI is InChI=1S/C15H32N4.HI/c1-6-16-15(18-12(2)3)17-10-14-8-7-9-19(11-14)13(4)5;/h12-14H,6-11H2,1-5H3,(H2,16,17,18);1H. The lowest BCUT2D eigenvalue weighted by Crippen LogP contribution is -2.43. The highest BCUT2D eigenvalue weighted by molar-refractivity contribution is 14.0. The second-order valence-electron chi connectivity index (χ2n) is 6.12. The minimum Gasteiger partial charge on any atom is -0.357 e. The summed E-state index contributed by atoms with van der Waals surface area (Å²) in [4.78, 5) is 7.31. The molecule has 1 rings (SSSR count). The van der Waals surface area contributed by atoms with Gasteiger partial charge in [0.25, 0.3) is 0 Å². The molecule has 0 radical (unpaired) electrons. The van der Waals surface area contributed by atoms with Gasteiger partial charge >= 0.3 is 0 Å². The van der Waals surface area contributed by atoms with Crippen molar-refractivity contribution in [1.82, 2.24) is 15.5 Å². The van der Waals surface area contributed by atoms with Crippen LogP contribution in [-0.2, 0) is 0 Å². The van der Waals surface area contributed by atoms with Gasteiger partial charge in [-0.05, 0) is 59.9 Å². The number of guanidine groups is 1. The van der Waals surface area contributed by atoms with E-state index in [1.54, 1.807) is 0 Å². The van der Waals surface area contributed by atoms with Crippen LogP contribution in [0.25, 0.3) is 0 Å². The number of piperidine rings is 1. The average Bonchev–Trinajstić information content (AvgIpc) is 2.36. The minimum atomic E-state index is 0. The molecule has 0 bridgehead atoms. The lowest BCUT2D eigenvalue weighted by molar-refractivity contribution is 0.143. The molecule has 1 saturated heterocycles. The highest BCUT2D eigenvalue weighted by Crippen LogP contribution is 2.18. The highest BCUT2D eigenvalue weighted by Gasteiger charge is 2.21. The second kappa shape index (κ2) is 10.7. The SMILES string of the molecule is CCNC(=NCC1CCCN(C(C)C)C1)NC(C)C.I. The van der Waals surface area contributed by atoms with E-state index in [0.717, 1.165) is 19.0 Å². The summed E-state index contributed by atoms with van der Waals surface area (Å²) in [6.07, 6.45) is 2.63. The predicted molar refractivity (Wildman–Crippen MR) is 99.1 cm³/mol. The minimum absolute atomic E-state index is 0. The van der Waals surface area contributed by atoms with Crippen LogP contribution >= 0.6 is 24.0 Å². The van der Waals surface area contributed by atoms with Crippen molar-refractivity contribution in [2.75, 3.05) is 26.2 Å². The molecule has 5 heteroatoms. The molecule has 1 atom stereocenters. The summed E-state index contributed by atoms with van der Waals surface area (Å²) in [6.45, 7) is 15.3. The van der Waals surface area contributed by atoms with Crippen LogP contribution in [0.15, 0.2) is 4.99 Å². The van der Waals surface area contributed by atoms with Gasteiger partial charge in [-0.15, -0.1) is 24.0 Å². The lowest BCUT2D eigenvalue weighted by Gasteiger charge is -2.34. The number of nitrogens with zero attached hydrogens (tertiary/aromatic N) is 2. The van der Waals surface area contributed by atoms with E-state index in [1.807, 2.05) is 0 Å².